The lowest BCUT2D eigenvalue weighted by Crippen LogP contribution is -2.36. The minimum Gasteiger partial charge on any atom is -0.488 e. The van der Waals surface area contributed by atoms with Crippen molar-refractivity contribution in [1.29, 1.82) is 0 Å². The largest absolute Gasteiger partial charge is 0.488 e. The highest BCUT2D eigenvalue weighted by molar-refractivity contribution is 6.30. The Morgan fingerprint density at radius 2 is 2.42 bits per heavy atom. The second-order valence-corrected chi connectivity index (χ2v) is 5.23. The first-order chi connectivity index (χ1) is 9.10. The Morgan fingerprint density at radius 1 is 1.63 bits per heavy atom. The van der Waals surface area contributed by atoms with Gasteiger partial charge in [-0.3, -0.25) is 4.79 Å². The summed E-state index contributed by atoms with van der Waals surface area (Å²) in [7, 11) is 1.33. The average molecular weight is 284 g/mol. The maximum atomic E-state index is 11.1. The van der Waals surface area contributed by atoms with Crippen molar-refractivity contribution in [3.63, 3.8) is 0 Å². The molecular weight excluding hydrogens is 266 g/mol. The van der Waals surface area contributed by atoms with Gasteiger partial charge in [-0.05, 0) is 18.6 Å². The van der Waals surface area contributed by atoms with Crippen LogP contribution < -0.4 is 10.1 Å². The molecule has 0 amide bonds. The SMILES string of the molecule is COC(=O)C(Cl)CNCC1Cc2cc(C)ccc2O1. The molecule has 104 valence electrons. The van der Waals surface area contributed by atoms with E-state index in [4.69, 9.17) is 16.3 Å². The van der Waals surface area contributed by atoms with Crippen molar-refractivity contribution in [2.75, 3.05) is 20.2 Å². The van der Waals surface area contributed by atoms with Gasteiger partial charge >= 0.3 is 5.97 Å². The molecule has 1 heterocycles. The highest BCUT2D eigenvalue weighted by atomic mass is 35.5. The summed E-state index contributed by atoms with van der Waals surface area (Å²) in [5.41, 5.74) is 2.48. The number of benzene rings is 1. The summed E-state index contributed by atoms with van der Waals surface area (Å²) in [6, 6.07) is 6.19. The molecule has 1 aliphatic rings. The van der Waals surface area contributed by atoms with E-state index >= 15 is 0 Å². The van der Waals surface area contributed by atoms with Crippen LogP contribution >= 0.6 is 11.6 Å². The van der Waals surface area contributed by atoms with Crippen molar-refractivity contribution >= 4 is 17.6 Å². The van der Waals surface area contributed by atoms with E-state index in [1.807, 2.05) is 12.1 Å². The van der Waals surface area contributed by atoms with Gasteiger partial charge in [-0.1, -0.05) is 17.7 Å². The number of nitrogens with one attached hydrogen (secondary N) is 1. The second-order valence-electron chi connectivity index (χ2n) is 4.70. The minimum atomic E-state index is -0.656. The summed E-state index contributed by atoms with van der Waals surface area (Å²) in [5, 5.41) is 2.48. The Balaban J connectivity index is 1.77. The molecule has 2 unspecified atom stereocenters. The van der Waals surface area contributed by atoms with Crippen LogP contribution in [-0.2, 0) is 16.0 Å². The molecule has 0 aromatic heterocycles. The van der Waals surface area contributed by atoms with Crippen molar-refractivity contribution in [2.45, 2.75) is 24.8 Å². The summed E-state index contributed by atoms with van der Waals surface area (Å²) in [6.07, 6.45) is 0.980. The minimum absolute atomic E-state index is 0.0957. The summed E-state index contributed by atoms with van der Waals surface area (Å²) in [6.45, 7) is 3.11. The number of methoxy groups -OCH3 is 1. The van der Waals surface area contributed by atoms with Crippen LogP contribution in [0.25, 0.3) is 0 Å². The van der Waals surface area contributed by atoms with Gasteiger partial charge in [-0.25, -0.2) is 0 Å². The van der Waals surface area contributed by atoms with Crippen LogP contribution in [0.2, 0.25) is 0 Å². The number of carbonyl (C=O) groups is 1. The molecule has 1 aliphatic heterocycles. The zero-order chi connectivity index (χ0) is 13.8. The van der Waals surface area contributed by atoms with Gasteiger partial charge in [0.15, 0.2) is 0 Å². The van der Waals surface area contributed by atoms with E-state index in [2.05, 4.69) is 23.0 Å². The molecule has 4 nitrogen and oxygen atoms in total. The third-order valence-corrected chi connectivity index (χ3v) is 3.44. The van der Waals surface area contributed by atoms with Gasteiger partial charge in [0.25, 0.3) is 0 Å². The molecule has 5 heteroatoms. The lowest BCUT2D eigenvalue weighted by atomic mass is 10.1. The summed E-state index contributed by atoms with van der Waals surface area (Å²) >= 11 is 5.85. The lowest BCUT2D eigenvalue weighted by Gasteiger charge is -2.13. The number of ether oxygens (including phenoxy) is 2. The fourth-order valence-electron chi connectivity index (χ4n) is 2.15. The van der Waals surface area contributed by atoms with Crippen LogP contribution in [0.15, 0.2) is 18.2 Å². The summed E-state index contributed by atoms with van der Waals surface area (Å²) < 4.78 is 10.4. The number of carbonyl (C=O) groups excluding carboxylic acids is 1. The van der Waals surface area contributed by atoms with Crippen molar-refractivity contribution in [2.24, 2.45) is 0 Å². The molecule has 0 spiro atoms. The molecule has 0 saturated heterocycles. The molecular formula is C14H18ClNO3. The van der Waals surface area contributed by atoms with E-state index in [-0.39, 0.29) is 6.10 Å². The second kappa shape index (κ2) is 6.26. The number of hydrogen-bond donors (Lipinski definition) is 1. The summed E-state index contributed by atoms with van der Waals surface area (Å²) in [4.78, 5) is 11.1. The third kappa shape index (κ3) is 3.61. The fourth-order valence-corrected chi connectivity index (χ4v) is 2.34. The number of fused-ring (bicyclic) bond motifs is 1. The van der Waals surface area contributed by atoms with Crippen molar-refractivity contribution in [1.82, 2.24) is 5.32 Å². The van der Waals surface area contributed by atoms with E-state index in [9.17, 15) is 4.79 Å². The molecule has 0 bridgehead atoms. The zero-order valence-electron chi connectivity index (χ0n) is 11.1. The molecule has 0 saturated carbocycles. The number of aryl methyl sites for hydroxylation is 1. The fraction of sp³-hybridized carbons (Fsp3) is 0.500. The Morgan fingerprint density at radius 3 is 3.16 bits per heavy atom. The normalized spacial score (nSPS) is 18.6. The monoisotopic (exact) mass is 283 g/mol. The molecule has 0 aliphatic carbocycles. The van der Waals surface area contributed by atoms with Crippen LogP contribution in [-0.4, -0.2) is 37.6 Å². The van der Waals surface area contributed by atoms with E-state index in [1.165, 1.54) is 18.2 Å². The highest BCUT2D eigenvalue weighted by Crippen LogP contribution is 2.29. The van der Waals surface area contributed by atoms with Gasteiger partial charge < -0.3 is 14.8 Å². The third-order valence-electron chi connectivity index (χ3n) is 3.11. The predicted molar refractivity (Wildman–Crippen MR) is 73.8 cm³/mol. The first-order valence-corrected chi connectivity index (χ1v) is 6.72. The van der Waals surface area contributed by atoms with Crippen LogP contribution in [0.4, 0.5) is 0 Å². The standard InChI is InChI=1S/C14H18ClNO3/c1-9-3-4-13-10(5-9)6-11(19-13)7-16-8-12(15)14(17)18-2/h3-5,11-12,16H,6-8H2,1-2H3. The Labute approximate surface area is 118 Å². The van der Waals surface area contributed by atoms with Crippen LogP contribution in [0, 0.1) is 6.92 Å². The zero-order valence-corrected chi connectivity index (χ0v) is 11.9. The topological polar surface area (TPSA) is 47.6 Å². The Bertz CT molecular complexity index is 464. The van der Waals surface area contributed by atoms with Gasteiger partial charge in [-0.15, -0.1) is 11.6 Å². The predicted octanol–water partition coefficient (Wildman–Crippen LogP) is 1.67. The van der Waals surface area contributed by atoms with Crippen LogP contribution in [0.3, 0.4) is 0 Å². The Kier molecular flexibility index (Phi) is 4.66. The molecule has 0 fully saturated rings. The molecule has 2 rings (SSSR count). The quantitative estimate of drug-likeness (QED) is 0.660. The number of rotatable bonds is 5. The van der Waals surface area contributed by atoms with Gasteiger partial charge in [0.2, 0.25) is 0 Å². The van der Waals surface area contributed by atoms with Crippen molar-refractivity contribution in [3.8, 4) is 5.75 Å². The van der Waals surface area contributed by atoms with Gasteiger partial charge in [-0.2, -0.15) is 0 Å². The van der Waals surface area contributed by atoms with Crippen molar-refractivity contribution < 1.29 is 14.3 Å². The van der Waals surface area contributed by atoms with Gasteiger partial charge in [0.05, 0.1) is 7.11 Å². The number of esters is 1. The van der Waals surface area contributed by atoms with Gasteiger partial charge in [0.1, 0.15) is 17.2 Å². The molecule has 2 atom stereocenters. The first kappa shape index (κ1) is 14.2. The van der Waals surface area contributed by atoms with Crippen LogP contribution in [0.5, 0.6) is 5.75 Å². The smallest absolute Gasteiger partial charge is 0.325 e. The van der Waals surface area contributed by atoms with Crippen LogP contribution in [0.1, 0.15) is 11.1 Å². The van der Waals surface area contributed by atoms with Gasteiger partial charge in [0, 0.05) is 19.5 Å². The van der Waals surface area contributed by atoms with E-state index in [1.54, 1.807) is 0 Å². The van der Waals surface area contributed by atoms with E-state index in [0.29, 0.717) is 13.1 Å². The molecule has 1 aromatic carbocycles. The number of hydrogen-bond acceptors (Lipinski definition) is 4. The number of alkyl halides is 1. The highest BCUT2D eigenvalue weighted by Gasteiger charge is 2.23. The molecule has 19 heavy (non-hydrogen) atoms. The maximum Gasteiger partial charge on any atom is 0.325 e. The average Bonchev–Trinajstić information content (AvgIpc) is 2.79. The first-order valence-electron chi connectivity index (χ1n) is 6.29. The number of halogens is 1. The van der Waals surface area contributed by atoms with Crippen molar-refractivity contribution in [3.05, 3.63) is 29.3 Å². The van der Waals surface area contributed by atoms with E-state index in [0.717, 1.165) is 12.2 Å². The molecule has 0 radical (unpaired) electrons. The molecule has 1 N–H and O–H groups in total. The summed E-state index contributed by atoms with van der Waals surface area (Å²) in [5.74, 6) is 0.535. The maximum absolute atomic E-state index is 11.1. The van der Waals surface area contributed by atoms with E-state index < -0.39 is 11.3 Å². The lowest BCUT2D eigenvalue weighted by molar-refractivity contribution is -0.140. The Hall–Kier alpha value is -1.26. The molecule has 1 aromatic rings.